The maximum Gasteiger partial charge on any atom is 0.329 e. The molecule has 668 valence electrons. The second kappa shape index (κ2) is 48.7. The molecule has 0 saturated carbocycles. The van der Waals surface area contributed by atoms with Gasteiger partial charge in [-0.15, -0.1) is 0 Å². The van der Waals surface area contributed by atoms with Crippen LogP contribution in [0, 0.1) is 35.5 Å². The number of nitrogens with zero attached hydrogens (tertiary/aromatic N) is 4. The summed E-state index contributed by atoms with van der Waals surface area (Å²) in [5, 5.41) is 78.3. The minimum atomic E-state index is -2.71. The van der Waals surface area contributed by atoms with Crippen LogP contribution in [-0.4, -0.2) is 273 Å². The fourth-order valence-corrected chi connectivity index (χ4v) is 13.7. The molecule has 0 aromatic heterocycles. The molecule has 1 aromatic rings. The van der Waals surface area contributed by atoms with Gasteiger partial charge in [0.15, 0.2) is 18.0 Å². The van der Waals surface area contributed by atoms with Crippen molar-refractivity contribution in [3.8, 4) is 5.75 Å². The lowest BCUT2D eigenvalue weighted by Gasteiger charge is -2.38. The molecule has 44 nitrogen and oxygen atoms in total. The molecule has 30 N–H and O–H groups in total. The summed E-state index contributed by atoms with van der Waals surface area (Å²) in [4.78, 5) is 239. The minimum Gasteiger partial charge on any atom is -0.508 e. The maximum atomic E-state index is 15.4. The van der Waals surface area contributed by atoms with Crippen molar-refractivity contribution >= 4 is 106 Å². The van der Waals surface area contributed by atoms with Gasteiger partial charge < -0.3 is 139 Å². The monoisotopic (exact) mass is 1690 g/mol. The van der Waals surface area contributed by atoms with Crippen LogP contribution in [0.5, 0.6) is 5.75 Å². The number of benzene rings is 1. The van der Waals surface area contributed by atoms with E-state index in [1.165, 1.54) is 45.0 Å². The fraction of sp³-hybridized carbons (Fsp3) is 0.680. The van der Waals surface area contributed by atoms with Crippen LogP contribution in [0.1, 0.15) is 164 Å². The summed E-state index contributed by atoms with van der Waals surface area (Å²) in [7, 11) is 2.25. The van der Waals surface area contributed by atoms with Gasteiger partial charge in [-0.3, -0.25) is 81.9 Å². The van der Waals surface area contributed by atoms with Crippen molar-refractivity contribution in [2.24, 2.45) is 91.4 Å². The highest BCUT2D eigenvalue weighted by Crippen LogP contribution is 2.28. The predicted octanol–water partition coefficient (Wildman–Crippen LogP) is -7.69. The molecule has 2 fully saturated rings. The first-order valence-electron chi connectivity index (χ1n) is 39.3. The molecule has 0 aliphatic carbocycles. The maximum absolute atomic E-state index is 15.4. The zero-order chi connectivity index (χ0) is 90.3. The highest BCUT2D eigenvalue weighted by molar-refractivity contribution is 6.01. The van der Waals surface area contributed by atoms with Crippen molar-refractivity contribution in [1.29, 1.82) is 0 Å². The first kappa shape index (κ1) is 102. The van der Waals surface area contributed by atoms with Crippen molar-refractivity contribution in [3.63, 3.8) is 0 Å². The molecule has 7 unspecified atom stereocenters. The molecule has 0 spiro atoms. The number of rotatable bonds is 38. The van der Waals surface area contributed by atoms with Crippen LogP contribution in [0.15, 0.2) is 34.3 Å². The summed E-state index contributed by atoms with van der Waals surface area (Å²) >= 11 is 0. The molecule has 2 heterocycles. The Kier molecular flexibility index (Phi) is 41.8. The Bertz CT molecular complexity index is 3750. The fourth-order valence-electron chi connectivity index (χ4n) is 13.7. The minimum absolute atomic E-state index is 0.0999. The predicted molar refractivity (Wildman–Crippen MR) is 427 cm³/mol. The molecular formula is C75H125N21O23. The summed E-state index contributed by atoms with van der Waals surface area (Å²) in [5.41, 5.74) is 45.0. The number of hydrogen-bond acceptors (Lipinski definition) is 25. The molecule has 15 amide bonds. The zero-order valence-electron chi connectivity index (χ0n) is 69.4. The lowest BCUT2D eigenvalue weighted by atomic mass is 9.87. The third kappa shape index (κ3) is 32.3. The second-order valence-electron chi connectivity index (χ2n) is 31.2. The summed E-state index contributed by atoms with van der Waals surface area (Å²) in [5.74, 6) is -25.4. The van der Waals surface area contributed by atoms with Crippen molar-refractivity contribution < 1.29 is 112 Å². The Labute approximate surface area is 689 Å². The summed E-state index contributed by atoms with van der Waals surface area (Å²) < 4.78 is 11.8. The Morgan fingerprint density at radius 2 is 1.19 bits per heavy atom. The number of fused-ring (bicyclic) bond motifs is 1. The number of methoxy groups -OCH3 is 1. The summed E-state index contributed by atoms with van der Waals surface area (Å²) in [6.45, 7) is 14.0. The first-order valence-corrected chi connectivity index (χ1v) is 39.3. The van der Waals surface area contributed by atoms with Crippen LogP contribution in [-0.2, 0) is 86.2 Å². The van der Waals surface area contributed by atoms with Gasteiger partial charge in [0.05, 0.1) is 37.0 Å². The van der Waals surface area contributed by atoms with E-state index >= 15 is 33.6 Å². The number of carbonyl (C=O) groups is 16. The van der Waals surface area contributed by atoms with E-state index in [-0.39, 0.29) is 93.7 Å². The van der Waals surface area contributed by atoms with E-state index in [2.05, 4.69) is 57.8 Å². The number of piperidine rings is 1. The third-order valence-electron chi connectivity index (χ3n) is 20.6. The normalized spacial score (nSPS) is 23.3. The number of aromatic hydroxyl groups is 1. The number of guanidine groups is 2. The smallest absolute Gasteiger partial charge is 0.329 e. The van der Waals surface area contributed by atoms with Crippen LogP contribution in [0.2, 0.25) is 0 Å². The lowest BCUT2D eigenvalue weighted by molar-refractivity contribution is -0.164. The van der Waals surface area contributed by atoms with Crippen LogP contribution in [0.4, 0.5) is 0 Å². The number of aliphatic imine (C=N–C) groups is 2. The van der Waals surface area contributed by atoms with E-state index in [4.69, 9.17) is 55.3 Å². The Hall–Kier alpha value is -11.1. The molecule has 3 rings (SSSR count). The molecule has 2 aliphatic rings. The Morgan fingerprint density at radius 1 is 0.613 bits per heavy atom. The van der Waals surface area contributed by atoms with Gasteiger partial charge in [0.2, 0.25) is 82.7 Å². The van der Waals surface area contributed by atoms with Crippen molar-refractivity contribution in [3.05, 3.63) is 29.8 Å². The number of nitrogens with one attached hydrogen (secondary N) is 9. The second-order valence-corrected chi connectivity index (χ2v) is 31.2. The van der Waals surface area contributed by atoms with Gasteiger partial charge in [0.25, 0.3) is 5.91 Å². The van der Waals surface area contributed by atoms with Gasteiger partial charge in [0, 0.05) is 46.1 Å². The summed E-state index contributed by atoms with van der Waals surface area (Å²) in [6.07, 6.45) is -15.5. The number of hydrogen-bond donors (Lipinski definition) is 22. The van der Waals surface area contributed by atoms with E-state index in [0.29, 0.717) is 6.42 Å². The number of aliphatic hydroxyl groups is 4. The topological polar surface area (TPSA) is 740 Å². The largest absolute Gasteiger partial charge is 0.508 e. The summed E-state index contributed by atoms with van der Waals surface area (Å²) in [6, 6.07) is -16.1. The number of cyclic esters (lactones) is 1. The van der Waals surface area contributed by atoms with E-state index in [1.54, 1.807) is 20.8 Å². The van der Waals surface area contributed by atoms with Gasteiger partial charge >= 0.3 is 5.97 Å². The van der Waals surface area contributed by atoms with E-state index in [1.807, 2.05) is 13.8 Å². The number of carbonyl (C=O) groups excluding carboxylic acids is 16. The van der Waals surface area contributed by atoms with Gasteiger partial charge in [0.1, 0.15) is 84.5 Å². The van der Waals surface area contributed by atoms with E-state index < -0.39 is 259 Å². The number of likely N-dealkylation sites (N-methyl/N-ethyl adjacent to an activating group) is 1. The quantitative estimate of drug-likeness (QED) is 0.0127. The Morgan fingerprint density at radius 3 is 1.74 bits per heavy atom. The standard InChI is InChI=1S/C75H125N21O23/c1-33(2)29-35(5)57(102)38(8)62(106)88-45(31-51(77)100)64(108)86-43(17-15-26-84-74(80)81)58(103)59(104)70(114)91-53(36(6)37(7)61(79)105)66(110)93-55-40(10)119-73(117)49-19-13-14-28-96(49)72(116)47(32-52(78)101)90-69(113)56(60(118-12)41-20-22-42(98)23-21-41)94-65(109)48(24-25-50(76)99)95(11)71(115)46(30-34(3)4)89-63(107)44(18-16-27-85-75(82)83)87-67(111)54(39(9)97)92-68(55)112/h20-23,33-40,43-49,53-60,97-98,102-104H,13-19,24-32H2,1-12H3,(H2,76,99)(H2,77,100)(H2,78,101)(H2,79,105)(H,86,108)(H,87,111)(H,88,106)(H,89,107)(H,90,113)(H,91,114)(H,92,112)(H,93,110)(H,94,109)(H4,80,81,84)(H4,82,83,85)/t35?,36-,37+,38?,39+,40+,43-,44+,45-,46-,47+,48-,49+,53-,54+,55+,56?,57?,58?,59?,60?/m0/s1. The lowest BCUT2D eigenvalue weighted by Crippen LogP contribution is -2.65. The number of nitrogens with two attached hydrogens (primary N) is 8. The number of aliphatic hydroxyl groups excluding tert-OH is 4. The molecule has 1 aromatic carbocycles. The number of primary amides is 4. The van der Waals surface area contributed by atoms with Crippen LogP contribution in [0.25, 0.3) is 0 Å². The van der Waals surface area contributed by atoms with Crippen LogP contribution in [0.3, 0.4) is 0 Å². The molecule has 44 heteroatoms. The van der Waals surface area contributed by atoms with E-state index in [9.17, 15) is 68.7 Å². The third-order valence-corrected chi connectivity index (χ3v) is 20.6. The molecule has 119 heavy (non-hydrogen) atoms. The van der Waals surface area contributed by atoms with Crippen molar-refractivity contribution in [2.75, 3.05) is 33.8 Å². The van der Waals surface area contributed by atoms with Crippen LogP contribution < -0.4 is 93.7 Å². The number of amides is 15. The number of esters is 1. The average Bonchev–Trinajstić information content (AvgIpc) is 0.995. The highest BCUT2D eigenvalue weighted by atomic mass is 16.5. The van der Waals surface area contributed by atoms with Gasteiger partial charge in [-0.05, 0) is 119 Å². The number of phenolic OH excluding ortho intramolecular Hbond substituents is 1. The van der Waals surface area contributed by atoms with Gasteiger partial charge in [-0.25, -0.2) is 4.79 Å². The SMILES string of the molecule is COC(c1ccc(O)cc1)C1NC(=O)[C@H](CCC(N)=O)N(C)C(=O)[C@H](CC(C)C)NC(=O)[C@@H](CCCN=C(N)N)NC(=O)[C@@H]([C@@H](C)O)NC(=O)[C@H](NC(=O)[C@@H](NC(=O)C(O)C(O)[C@H](CCCN=C(N)N)NC(=O)[C@H](CC(N)=O)NC(=O)C(C)C(O)C(C)CC(C)C)[C@@H](C)[C@@H](C)C(N)=O)[C@@H](C)OC(=O)[C@H]2CCCCN2C(=O)[C@@H](CC(N)=O)NC1=O. The number of ether oxygens (including phenoxy) is 2. The number of phenols is 1. The molecule has 2 aliphatic heterocycles. The zero-order valence-corrected chi connectivity index (χ0v) is 69.4. The molecule has 0 radical (unpaired) electrons. The van der Waals surface area contributed by atoms with Crippen molar-refractivity contribution in [2.45, 2.75) is 256 Å². The van der Waals surface area contributed by atoms with Gasteiger partial charge in [-0.2, -0.15) is 0 Å². The highest BCUT2D eigenvalue weighted by Gasteiger charge is 2.47. The molecular weight excluding hydrogens is 1560 g/mol. The first-order chi connectivity index (χ1) is 55.5. The molecule has 0 bridgehead atoms. The van der Waals surface area contributed by atoms with Crippen LogP contribution >= 0.6 is 0 Å². The van der Waals surface area contributed by atoms with Crippen molar-refractivity contribution in [1.82, 2.24) is 57.7 Å². The Balaban J connectivity index is 2.43. The van der Waals surface area contributed by atoms with Gasteiger partial charge in [-0.1, -0.05) is 67.5 Å². The molecule has 21 atom stereocenters. The average molecular weight is 1690 g/mol. The molecule has 2 saturated heterocycles. The van der Waals surface area contributed by atoms with E-state index in [0.717, 1.165) is 37.8 Å².